The van der Waals surface area contributed by atoms with E-state index >= 15 is 0 Å². The van der Waals surface area contributed by atoms with Crippen LogP contribution in [0.2, 0.25) is 25.7 Å². The molecule has 0 saturated heterocycles. The normalized spacial score (nSPS) is 12.4. The largest absolute Gasteiger partial charge is 1.00 e. The third kappa shape index (κ3) is 8.17. The van der Waals surface area contributed by atoms with Crippen molar-refractivity contribution < 1.29 is 56.9 Å². The number of pyridine rings is 1. The van der Waals surface area contributed by atoms with Crippen LogP contribution in [0.4, 0.5) is 4.39 Å². The third-order valence-electron chi connectivity index (χ3n) is 5.13. The van der Waals surface area contributed by atoms with Crippen molar-refractivity contribution >= 4 is 19.2 Å². The first kappa shape index (κ1) is 30.6. The number of hydrogen-bond acceptors (Lipinski definition) is 8. The van der Waals surface area contributed by atoms with Crippen LogP contribution in [-0.2, 0) is 22.5 Å². The minimum absolute atomic E-state index is 0. The van der Waals surface area contributed by atoms with Gasteiger partial charge in [0.25, 0.3) is 0 Å². The van der Waals surface area contributed by atoms with Gasteiger partial charge in [0.1, 0.15) is 18.3 Å². The van der Waals surface area contributed by atoms with E-state index in [1.54, 1.807) is 18.3 Å². The number of ether oxygens (including phenoxy) is 3. The van der Waals surface area contributed by atoms with Gasteiger partial charge in [0, 0.05) is 49.2 Å². The van der Waals surface area contributed by atoms with E-state index in [0.717, 1.165) is 6.04 Å². The smallest absolute Gasteiger partial charge is 0.766 e. The third-order valence-corrected chi connectivity index (χ3v) is 7.31. The molecule has 1 atom stereocenters. The van der Waals surface area contributed by atoms with Crippen LogP contribution in [0, 0.1) is 5.82 Å². The number of rotatable bonds is 11. The standard InChI is InChI=1S/C23H31FN4O5SSi.Na/c1-15(2)18-12-17(24)13-19(16-7-8-25-20(11-16)31-3)21(18)33-23-26-22(34(29)30)27-28(23)14-32-9-10-35(4,5)6;/h7-8,11-13,15H,9-10,14H2,1-6H3,(H,29,30);/q;+1/p-1. The number of halogens is 1. The molecule has 1 unspecified atom stereocenters. The molecule has 13 heteroatoms. The molecule has 0 amide bonds. The van der Waals surface area contributed by atoms with Crippen LogP contribution in [0.15, 0.2) is 35.6 Å². The fourth-order valence-electron chi connectivity index (χ4n) is 3.22. The maximum Gasteiger partial charge on any atom is 1.00 e. The summed E-state index contributed by atoms with van der Waals surface area (Å²) in [5.41, 5.74) is 1.63. The van der Waals surface area contributed by atoms with Crippen LogP contribution in [-0.4, -0.2) is 50.3 Å². The zero-order chi connectivity index (χ0) is 25.8. The zero-order valence-electron chi connectivity index (χ0n) is 21.7. The molecular weight excluding hydrogens is 514 g/mol. The number of hydrogen-bond donors (Lipinski definition) is 0. The molecule has 0 fully saturated rings. The molecule has 0 aliphatic heterocycles. The van der Waals surface area contributed by atoms with Gasteiger partial charge in [0.15, 0.2) is 0 Å². The van der Waals surface area contributed by atoms with E-state index in [0.29, 0.717) is 34.9 Å². The van der Waals surface area contributed by atoms with Gasteiger partial charge in [-0.15, -0.1) is 5.10 Å². The van der Waals surface area contributed by atoms with E-state index in [1.807, 2.05) is 13.8 Å². The summed E-state index contributed by atoms with van der Waals surface area (Å²) >= 11 is -2.67. The monoisotopic (exact) mass is 544 g/mol. The first-order valence-electron chi connectivity index (χ1n) is 11.1. The molecule has 0 N–H and O–H groups in total. The van der Waals surface area contributed by atoms with Crippen LogP contribution in [0.25, 0.3) is 11.1 Å². The van der Waals surface area contributed by atoms with Gasteiger partial charge in [-0.05, 0) is 35.7 Å². The van der Waals surface area contributed by atoms with Gasteiger partial charge in [0.05, 0.1) is 7.11 Å². The zero-order valence-corrected chi connectivity index (χ0v) is 25.5. The molecular formula is C23H30FN4NaO5SSi. The predicted molar refractivity (Wildman–Crippen MR) is 132 cm³/mol. The molecule has 2 heterocycles. The number of benzene rings is 1. The van der Waals surface area contributed by atoms with E-state index in [-0.39, 0.29) is 48.2 Å². The quantitative estimate of drug-likeness (QED) is 0.205. The molecule has 0 radical (unpaired) electrons. The Balaban J connectivity index is 0.00000456. The van der Waals surface area contributed by atoms with Crippen molar-refractivity contribution in [2.24, 2.45) is 0 Å². The molecule has 0 spiro atoms. The van der Waals surface area contributed by atoms with E-state index in [2.05, 4.69) is 34.7 Å². The molecule has 9 nitrogen and oxygen atoms in total. The van der Waals surface area contributed by atoms with Crippen molar-refractivity contribution in [1.82, 2.24) is 19.7 Å². The van der Waals surface area contributed by atoms with Crippen molar-refractivity contribution in [3.8, 4) is 28.8 Å². The van der Waals surface area contributed by atoms with Crippen LogP contribution in [0.1, 0.15) is 25.3 Å². The summed E-state index contributed by atoms with van der Waals surface area (Å²) in [5, 5.41) is 3.59. The van der Waals surface area contributed by atoms with Gasteiger partial charge in [-0.1, -0.05) is 33.5 Å². The summed E-state index contributed by atoms with van der Waals surface area (Å²) in [6.45, 7) is 11.0. The van der Waals surface area contributed by atoms with Crippen molar-refractivity contribution in [3.05, 3.63) is 41.8 Å². The number of methoxy groups -OCH3 is 1. The average molecular weight is 545 g/mol. The summed E-state index contributed by atoms with van der Waals surface area (Å²) < 4.78 is 56.1. The van der Waals surface area contributed by atoms with E-state index in [9.17, 15) is 13.2 Å². The van der Waals surface area contributed by atoms with Gasteiger partial charge in [-0.2, -0.15) is 9.67 Å². The number of nitrogens with zero attached hydrogens (tertiary/aromatic N) is 4. The summed E-state index contributed by atoms with van der Waals surface area (Å²) in [6, 6.07) is 6.95. The summed E-state index contributed by atoms with van der Waals surface area (Å²) in [7, 11) is 0.178. The molecule has 2 aromatic heterocycles. The Morgan fingerprint density at radius 1 is 1.22 bits per heavy atom. The molecule has 190 valence electrons. The fraction of sp³-hybridized carbons (Fsp3) is 0.435. The van der Waals surface area contributed by atoms with Gasteiger partial charge in [-0.25, -0.2) is 9.37 Å². The van der Waals surface area contributed by atoms with Crippen LogP contribution >= 0.6 is 0 Å². The Kier molecular flexibility index (Phi) is 11.2. The molecule has 0 aliphatic carbocycles. The van der Waals surface area contributed by atoms with E-state index < -0.39 is 30.1 Å². The Labute approximate surface area is 236 Å². The van der Waals surface area contributed by atoms with Gasteiger partial charge < -0.3 is 18.8 Å². The predicted octanol–water partition coefficient (Wildman–Crippen LogP) is 1.96. The van der Waals surface area contributed by atoms with Gasteiger partial charge >= 0.3 is 35.6 Å². The Morgan fingerprint density at radius 2 is 1.94 bits per heavy atom. The van der Waals surface area contributed by atoms with E-state index in [1.165, 1.54) is 23.9 Å². The summed E-state index contributed by atoms with van der Waals surface area (Å²) in [6.07, 6.45) is 1.55. The fourth-order valence-corrected chi connectivity index (χ4v) is 4.29. The van der Waals surface area contributed by atoms with Crippen LogP contribution in [0.3, 0.4) is 0 Å². The Hall–Kier alpha value is -1.67. The van der Waals surface area contributed by atoms with Crippen molar-refractivity contribution in [1.29, 1.82) is 0 Å². The molecule has 0 bridgehead atoms. The van der Waals surface area contributed by atoms with Gasteiger partial charge in [0.2, 0.25) is 11.0 Å². The molecule has 1 aromatic carbocycles. The second kappa shape index (κ2) is 13.2. The summed E-state index contributed by atoms with van der Waals surface area (Å²) in [4.78, 5) is 8.15. The minimum Gasteiger partial charge on any atom is -0.766 e. The van der Waals surface area contributed by atoms with Crippen LogP contribution < -0.4 is 39.0 Å². The SMILES string of the molecule is COc1cc(-c2cc(F)cc(C(C)C)c2Oc2nc(S(=O)[O-])nn2COCC[Si](C)(C)C)ccn1.[Na+]. The molecule has 3 rings (SSSR count). The maximum absolute atomic E-state index is 14.6. The van der Waals surface area contributed by atoms with Crippen molar-refractivity contribution in [3.63, 3.8) is 0 Å². The van der Waals surface area contributed by atoms with Gasteiger partial charge in [-0.3, -0.25) is 4.21 Å². The van der Waals surface area contributed by atoms with E-state index in [4.69, 9.17) is 14.2 Å². The second-order valence-corrected chi connectivity index (χ2v) is 15.9. The van der Waals surface area contributed by atoms with Crippen molar-refractivity contribution in [2.45, 2.75) is 57.3 Å². The maximum atomic E-state index is 14.6. The second-order valence-electron chi connectivity index (χ2n) is 9.47. The number of aromatic nitrogens is 4. The minimum atomic E-state index is -2.67. The first-order valence-corrected chi connectivity index (χ1v) is 15.9. The molecule has 36 heavy (non-hydrogen) atoms. The summed E-state index contributed by atoms with van der Waals surface area (Å²) in [5.74, 6) is 0.130. The molecule has 0 aliphatic rings. The topological polar surface area (TPSA) is 111 Å². The van der Waals surface area contributed by atoms with Crippen molar-refractivity contribution in [2.75, 3.05) is 13.7 Å². The molecule has 0 saturated carbocycles. The Bertz CT molecular complexity index is 1210. The Morgan fingerprint density at radius 3 is 2.56 bits per heavy atom. The van der Waals surface area contributed by atoms with Crippen LogP contribution in [0.5, 0.6) is 17.6 Å². The average Bonchev–Trinajstić information content (AvgIpc) is 3.20. The molecule has 3 aromatic rings. The first-order chi connectivity index (χ1) is 16.5.